The molecule has 0 amide bonds. The highest BCUT2D eigenvalue weighted by atomic mass is 79.9. The molecule has 0 aliphatic heterocycles. The molecule has 0 unspecified atom stereocenters. The van der Waals surface area contributed by atoms with Gasteiger partial charge in [0.05, 0.1) is 17.0 Å². The number of nitrogens with zero attached hydrogens (tertiary/aromatic N) is 1. The van der Waals surface area contributed by atoms with E-state index in [1.807, 2.05) is 42.5 Å². The Morgan fingerprint density at radius 2 is 1.86 bits per heavy atom. The topological polar surface area (TPSA) is 30.0 Å². The number of fused-ring (bicyclic) bond motifs is 1. The third-order valence-electron chi connectivity index (χ3n) is 3.25. The molecule has 21 heavy (non-hydrogen) atoms. The van der Waals surface area contributed by atoms with E-state index in [-0.39, 0.29) is 12.2 Å². The van der Waals surface area contributed by atoms with Crippen LogP contribution in [0.25, 0.3) is 10.9 Å². The van der Waals surface area contributed by atoms with Gasteiger partial charge in [-0.25, -0.2) is 0 Å². The molecule has 4 heteroatoms. The number of halogens is 2. The number of hydrogen-bond acceptors (Lipinski definition) is 2. The fourth-order valence-electron chi connectivity index (χ4n) is 2.19. The van der Waals surface area contributed by atoms with E-state index in [0.717, 1.165) is 21.1 Å². The summed E-state index contributed by atoms with van der Waals surface area (Å²) < 4.78 is 0.724. The summed E-state index contributed by atoms with van der Waals surface area (Å²) in [7, 11) is 0. The summed E-state index contributed by atoms with van der Waals surface area (Å²) in [6.07, 6.45) is 0.237. The van der Waals surface area contributed by atoms with E-state index < -0.39 is 0 Å². The van der Waals surface area contributed by atoms with E-state index in [1.165, 1.54) is 0 Å². The molecule has 0 saturated heterocycles. The highest BCUT2D eigenvalue weighted by molar-refractivity contribution is 9.10. The predicted octanol–water partition coefficient (Wildman–Crippen LogP) is 5.08. The van der Waals surface area contributed by atoms with Gasteiger partial charge in [0.15, 0.2) is 5.78 Å². The van der Waals surface area contributed by atoms with E-state index in [2.05, 4.69) is 20.9 Å². The van der Waals surface area contributed by atoms with Crippen molar-refractivity contribution in [1.82, 2.24) is 4.98 Å². The predicted molar refractivity (Wildman–Crippen MR) is 88.9 cm³/mol. The zero-order valence-corrected chi connectivity index (χ0v) is 13.4. The van der Waals surface area contributed by atoms with Crippen LogP contribution in [0, 0.1) is 0 Å². The van der Waals surface area contributed by atoms with Crippen LogP contribution in [0.4, 0.5) is 0 Å². The molecule has 3 rings (SSSR count). The number of Topliss-reactive ketones (excluding diaryl/α,β-unsaturated/α-hetero) is 1. The van der Waals surface area contributed by atoms with Crippen molar-refractivity contribution in [3.8, 4) is 0 Å². The molecule has 0 N–H and O–H groups in total. The molecule has 0 bridgehead atoms. The summed E-state index contributed by atoms with van der Waals surface area (Å²) in [4.78, 5) is 16.9. The maximum atomic E-state index is 12.4. The first-order valence-corrected chi connectivity index (χ1v) is 7.64. The van der Waals surface area contributed by atoms with E-state index in [4.69, 9.17) is 11.6 Å². The molecule has 0 aliphatic carbocycles. The van der Waals surface area contributed by atoms with Crippen LogP contribution >= 0.6 is 27.5 Å². The number of aromatic nitrogens is 1. The van der Waals surface area contributed by atoms with Gasteiger partial charge in [0.2, 0.25) is 0 Å². The van der Waals surface area contributed by atoms with Gasteiger partial charge in [-0.1, -0.05) is 41.9 Å². The molecular formula is C17H11BrClNO. The first-order valence-electron chi connectivity index (χ1n) is 6.47. The first-order chi connectivity index (χ1) is 10.1. The van der Waals surface area contributed by atoms with Gasteiger partial charge in [-0.05, 0) is 40.2 Å². The number of rotatable bonds is 3. The Hall–Kier alpha value is -1.71. The molecule has 0 radical (unpaired) electrons. The molecule has 2 aromatic carbocycles. The average molecular weight is 361 g/mol. The summed E-state index contributed by atoms with van der Waals surface area (Å²) in [5.41, 5.74) is 2.15. The number of hydrogen-bond donors (Lipinski definition) is 0. The lowest BCUT2D eigenvalue weighted by Gasteiger charge is -2.06. The number of ketones is 1. The lowest BCUT2D eigenvalue weighted by atomic mass is 10.1. The second-order valence-electron chi connectivity index (χ2n) is 4.70. The molecular weight excluding hydrogens is 350 g/mol. The van der Waals surface area contributed by atoms with Crippen molar-refractivity contribution in [2.45, 2.75) is 6.42 Å². The zero-order chi connectivity index (χ0) is 14.8. The van der Waals surface area contributed by atoms with Gasteiger partial charge in [0, 0.05) is 21.1 Å². The summed E-state index contributed by atoms with van der Waals surface area (Å²) in [6, 6.07) is 17.1. The minimum Gasteiger partial charge on any atom is -0.294 e. The Kier molecular flexibility index (Phi) is 4.04. The SMILES string of the molecule is O=C(Cc1ccc2ccccc2n1)c1cccc(Br)c1Cl. The van der Waals surface area contributed by atoms with Gasteiger partial charge in [-0.15, -0.1) is 0 Å². The van der Waals surface area contributed by atoms with Gasteiger partial charge in [0.1, 0.15) is 0 Å². The van der Waals surface area contributed by atoms with Crippen LogP contribution in [0.1, 0.15) is 16.1 Å². The Labute approximate surface area is 135 Å². The molecule has 0 fully saturated rings. The number of para-hydroxylation sites is 1. The van der Waals surface area contributed by atoms with Crippen LogP contribution in [0.2, 0.25) is 5.02 Å². The van der Waals surface area contributed by atoms with Crippen LogP contribution in [-0.4, -0.2) is 10.8 Å². The second-order valence-corrected chi connectivity index (χ2v) is 5.93. The van der Waals surface area contributed by atoms with Crippen molar-refractivity contribution in [2.24, 2.45) is 0 Å². The molecule has 2 nitrogen and oxygen atoms in total. The fraction of sp³-hybridized carbons (Fsp3) is 0.0588. The lowest BCUT2D eigenvalue weighted by Crippen LogP contribution is -2.06. The molecule has 0 saturated carbocycles. The second kappa shape index (κ2) is 5.96. The van der Waals surface area contributed by atoms with E-state index in [1.54, 1.807) is 12.1 Å². The zero-order valence-electron chi connectivity index (χ0n) is 11.0. The molecule has 104 valence electrons. The molecule has 0 aliphatic rings. The van der Waals surface area contributed by atoms with Crippen molar-refractivity contribution < 1.29 is 4.79 Å². The van der Waals surface area contributed by atoms with Crippen molar-refractivity contribution in [3.05, 3.63) is 75.4 Å². The normalized spacial score (nSPS) is 10.8. The maximum absolute atomic E-state index is 12.4. The minimum absolute atomic E-state index is 0.0379. The van der Waals surface area contributed by atoms with Crippen LogP contribution in [-0.2, 0) is 6.42 Å². The Morgan fingerprint density at radius 1 is 1.05 bits per heavy atom. The number of carbonyl (C=O) groups is 1. The van der Waals surface area contributed by atoms with E-state index >= 15 is 0 Å². The molecule has 1 heterocycles. The highest BCUT2D eigenvalue weighted by Crippen LogP contribution is 2.27. The summed E-state index contributed by atoms with van der Waals surface area (Å²) >= 11 is 9.49. The summed E-state index contributed by atoms with van der Waals surface area (Å²) in [5, 5.41) is 1.51. The fourth-order valence-corrected chi connectivity index (χ4v) is 2.78. The van der Waals surface area contributed by atoms with Crippen molar-refractivity contribution in [2.75, 3.05) is 0 Å². The molecule has 3 aromatic rings. The lowest BCUT2D eigenvalue weighted by molar-refractivity contribution is 0.0992. The van der Waals surface area contributed by atoms with Crippen molar-refractivity contribution in [3.63, 3.8) is 0 Å². The third kappa shape index (κ3) is 2.99. The number of carbonyl (C=O) groups excluding carboxylic acids is 1. The van der Waals surface area contributed by atoms with Crippen molar-refractivity contribution in [1.29, 1.82) is 0 Å². The van der Waals surface area contributed by atoms with Crippen LogP contribution < -0.4 is 0 Å². The molecule has 1 aromatic heterocycles. The number of pyridine rings is 1. The monoisotopic (exact) mass is 359 g/mol. The van der Waals surface area contributed by atoms with Crippen LogP contribution in [0.5, 0.6) is 0 Å². The van der Waals surface area contributed by atoms with Gasteiger partial charge in [0.25, 0.3) is 0 Å². The van der Waals surface area contributed by atoms with Crippen LogP contribution in [0.15, 0.2) is 59.1 Å². The summed E-state index contributed by atoms with van der Waals surface area (Å²) in [6.45, 7) is 0. The molecule has 0 spiro atoms. The highest BCUT2D eigenvalue weighted by Gasteiger charge is 2.13. The summed E-state index contributed by atoms with van der Waals surface area (Å²) in [5.74, 6) is -0.0379. The smallest absolute Gasteiger partial charge is 0.170 e. The minimum atomic E-state index is -0.0379. The Bertz CT molecular complexity index is 832. The van der Waals surface area contributed by atoms with Gasteiger partial charge < -0.3 is 0 Å². The number of benzene rings is 2. The first kappa shape index (κ1) is 14.2. The molecule has 0 atom stereocenters. The van der Waals surface area contributed by atoms with Gasteiger partial charge in [-0.2, -0.15) is 0 Å². The van der Waals surface area contributed by atoms with Gasteiger partial charge in [-0.3, -0.25) is 9.78 Å². The Balaban J connectivity index is 1.91. The Morgan fingerprint density at radius 3 is 2.71 bits per heavy atom. The third-order valence-corrected chi connectivity index (χ3v) is 4.55. The maximum Gasteiger partial charge on any atom is 0.170 e. The standard InChI is InChI=1S/C17H11BrClNO/c18-14-6-3-5-13(17(14)19)16(21)10-12-9-8-11-4-1-2-7-15(11)20-12/h1-9H,10H2. The largest absolute Gasteiger partial charge is 0.294 e. The van der Waals surface area contributed by atoms with Crippen LogP contribution in [0.3, 0.4) is 0 Å². The average Bonchev–Trinajstić information content (AvgIpc) is 2.50. The van der Waals surface area contributed by atoms with E-state index in [9.17, 15) is 4.79 Å². The van der Waals surface area contributed by atoms with E-state index in [0.29, 0.717) is 10.6 Å². The van der Waals surface area contributed by atoms with Crippen molar-refractivity contribution >= 4 is 44.2 Å². The van der Waals surface area contributed by atoms with Gasteiger partial charge >= 0.3 is 0 Å². The quantitative estimate of drug-likeness (QED) is 0.610.